The van der Waals surface area contributed by atoms with Gasteiger partial charge in [-0.3, -0.25) is 0 Å². The molecule has 2 N–H and O–H groups in total. The molecule has 2 nitrogen and oxygen atoms in total. The third kappa shape index (κ3) is 2.27. The Morgan fingerprint density at radius 3 is 2.68 bits per heavy atom. The predicted octanol–water partition coefficient (Wildman–Crippen LogP) is 4.03. The highest BCUT2D eigenvalue weighted by Gasteiger charge is 2.39. The van der Waals surface area contributed by atoms with Gasteiger partial charge in [0.25, 0.3) is 0 Å². The van der Waals surface area contributed by atoms with Crippen LogP contribution in [-0.2, 0) is 6.18 Å². The highest BCUT2D eigenvalue weighted by molar-refractivity contribution is 9.10. The molecule has 1 unspecified atom stereocenters. The number of hydrogen-bond acceptors (Lipinski definition) is 1. The van der Waals surface area contributed by atoms with Crippen molar-refractivity contribution in [3.05, 3.63) is 33.9 Å². The van der Waals surface area contributed by atoms with E-state index in [2.05, 4.69) is 26.2 Å². The van der Waals surface area contributed by atoms with E-state index in [9.17, 15) is 13.2 Å². The molecule has 19 heavy (non-hydrogen) atoms. The first-order valence-electron chi connectivity index (χ1n) is 6.06. The first kappa shape index (κ1) is 13.0. The number of aromatic nitrogens is 1. The van der Waals surface area contributed by atoms with Gasteiger partial charge in [0.05, 0.1) is 0 Å². The molecule has 0 radical (unpaired) electrons. The zero-order valence-corrected chi connectivity index (χ0v) is 11.5. The maximum absolute atomic E-state index is 13.2. The van der Waals surface area contributed by atoms with Crippen LogP contribution in [0.2, 0.25) is 0 Å². The maximum Gasteiger partial charge on any atom is 0.431 e. The van der Waals surface area contributed by atoms with Gasteiger partial charge in [-0.1, -0.05) is 22.0 Å². The summed E-state index contributed by atoms with van der Waals surface area (Å²) in [6.07, 6.45) is -3.60. The van der Waals surface area contributed by atoms with Gasteiger partial charge in [-0.25, -0.2) is 0 Å². The van der Waals surface area contributed by atoms with Crippen molar-refractivity contribution in [2.24, 2.45) is 0 Å². The van der Waals surface area contributed by atoms with Gasteiger partial charge in [-0.05, 0) is 30.7 Å². The minimum atomic E-state index is -4.34. The van der Waals surface area contributed by atoms with Crippen molar-refractivity contribution in [3.8, 4) is 0 Å². The van der Waals surface area contributed by atoms with E-state index in [4.69, 9.17) is 0 Å². The summed E-state index contributed by atoms with van der Waals surface area (Å²) in [6, 6.07) is 5.22. The Morgan fingerprint density at radius 1 is 1.26 bits per heavy atom. The Hall–Kier alpha value is -1.01. The normalized spacial score (nSPS) is 20.3. The van der Waals surface area contributed by atoms with E-state index >= 15 is 0 Å². The fraction of sp³-hybridized carbons (Fsp3) is 0.385. The SMILES string of the molecule is FC(F)(F)c1[nH]c2cc(Br)ccc2c1C1CCNC1. The fourth-order valence-corrected chi connectivity index (χ4v) is 3.10. The number of alkyl halides is 3. The molecule has 1 aliphatic rings. The molecule has 1 aromatic heterocycles. The third-order valence-corrected chi connectivity index (χ3v) is 4.05. The topological polar surface area (TPSA) is 27.8 Å². The van der Waals surface area contributed by atoms with Gasteiger partial charge in [-0.2, -0.15) is 13.2 Å². The maximum atomic E-state index is 13.2. The van der Waals surface area contributed by atoms with Gasteiger partial charge in [0.1, 0.15) is 5.69 Å². The van der Waals surface area contributed by atoms with Gasteiger partial charge in [0.15, 0.2) is 0 Å². The van der Waals surface area contributed by atoms with Crippen LogP contribution in [0.25, 0.3) is 10.9 Å². The minimum Gasteiger partial charge on any atom is -0.351 e. The number of rotatable bonds is 1. The summed E-state index contributed by atoms with van der Waals surface area (Å²) in [5.74, 6) is -0.0773. The molecule has 102 valence electrons. The predicted molar refractivity (Wildman–Crippen MR) is 71.2 cm³/mol. The van der Waals surface area contributed by atoms with Crippen LogP contribution in [-0.4, -0.2) is 18.1 Å². The van der Waals surface area contributed by atoms with Crippen molar-refractivity contribution in [2.75, 3.05) is 13.1 Å². The van der Waals surface area contributed by atoms with Crippen LogP contribution in [0.4, 0.5) is 13.2 Å². The largest absolute Gasteiger partial charge is 0.431 e. The molecule has 3 rings (SSSR count). The van der Waals surface area contributed by atoms with Gasteiger partial charge < -0.3 is 10.3 Å². The fourth-order valence-electron chi connectivity index (χ4n) is 2.74. The monoisotopic (exact) mass is 332 g/mol. The lowest BCUT2D eigenvalue weighted by Crippen LogP contribution is -2.13. The van der Waals surface area contributed by atoms with Gasteiger partial charge in [0.2, 0.25) is 0 Å². The van der Waals surface area contributed by atoms with E-state index in [0.29, 0.717) is 23.0 Å². The van der Waals surface area contributed by atoms with Crippen LogP contribution in [0.1, 0.15) is 23.6 Å². The molecule has 0 amide bonds. The summed E-state index contributed by atoms with van der Waals surface area (Å²) < 4.78 is 40.3. The molecule has 1 atom stereocenters. The summed E-state index contributed by atoms with van der Waals surface area (Å²) in [5.41, 5.74) is 0.331. The van der Waals surface area contributed by atoms with Crippen molar-refractivity contribution in [3.63, 3.8) is 0 Å². The summed E-state index contributed by atoms with van der Waals surface area (Å²) in [5, 5.41) is 3.80. The second-order valence-electron chi connectivity index (χ2n) is 4.79. The Labute approximate surface area is 116 Å². The van der Waals surface area contributed by atoms with Crippen LogP contribution in [0.5, 0.6) is 0 Å². The Morgan fingerprint density at radius 2 is 2.05 bits per heavy atom. The van der Waals surface area contributed by atoms with Gasteiger partial charge >= 0.3 is 6.18 Å². The van der Waals surface area contributed by atoms with Crippen molar-refractivity contribution in [2.45, 2.75) is 18.5 Å². The van der Waals surface area contributed by atoms with E-state index in [1.165, 1.54) is 0 Å². The van der Waals surface area contributed by atoms with E-state index in [1.807, 2.05) is 0 Å². The van der Waals surface area contributed by atoms with Crippen molar-refractivity contribution in [1.29, 1.82) is 0 Å². The molecule has 0 saturated carbocycles. The van der Waals surface area contributed by atoms with Crippen LogP contribution >= 0.6 is 15.9 Å². The molecule has 1 saturated heterocycles. The molecular weight excluding hydrogens is 321 g/mol. The molecule has 2 heterocycles. The molecular formula is C13H12BrF3N2. The standard InChI is InChI=1S/C13H12BrF3N2/c14-8-1-2-9-10(5-8)19-12(13(15,16)17)11(9)7-3-4-18-6-7/h1-2,5,7,18-19H,3-4,6H2. The number of halogens is 4. The number of nitrogens with one attached hydrogen (secondary N) is 2. The van der Waals surface area contributed by atoms with Gasteiger partial charge in [-0.15, -0.1) is 0 Å². The first-order chi connectivity index (χ1) is 8.97. The number of H-pyrrole nitrogens is 1. The van der Waals surface area contributed by atoms with E-state index in [-0.39, 0.29) is 5.92 Å². The van der Waals surface area contributed by atoms with E-state index < -0.39 is 11.9 Å². The van der Waals surface area contributed by atoms with Crippen LogP contribution < -0.4 is 5.32 Å². The van der Waals surface area contributed by atoms with Crippen molar-refractivity contribution >= 4 is 26.8 Å². The molecule has 0 bridgehead atoms. The molecule has 1 fully saturated rings. The van der Waals surface area contributed by atoms with E-state index in [0.717, 1.165) is 17.4 Å². The lowest BCUT2D eigenvalue weighted by atomic mass is 9.95. The lowest BCUT2D eigenvalue weighted by molar-refractivity contribution is -0.141. The van der Waals surface area contributed by atoms with E-state index in [1.54, 1.807) is 18.2 Å². The number of aromatic amines is 1. The molecule has 0 spiro atoms. The molecule has 0 aliphatic carbocycles. The zero-order chi connectivity index (χ0) is 13.6. The first-order valence-corrected chi connectivity index (χ1v) is 6.85. The lowest BCUT2D eigenvalue weighted by Gasteiger charge is -2.13. The second kappa shape index (κ2) is 4.52. The van der Waals surface area contributed by atoms with Crippen LogP contribution in [0.15, 0.2) is 22.7 Å². The summed E-state index contributed by atoms with van der Waals surface area (Å²) in [7, 11) is 0. The summed E-state index contributed by atoms with van der Waals surface area (Å²) in [6.45, 7) is 1.37. The number of benzene rings is 1. The molecule has 1 aliphatic heterocycles. The van der Waals surface area contributed by atoms with Crippen molar-refractivity contribution < 1.29 is 13.2 Å². The average molecular weight is 333 g/mol. The van der Waals surface area contributed by atoms with Crippen LogP contribution in [0.3, 0.4) is 0 Å². The average Bonchev–Trinajstić information content (AvgIpc) is 2.91. The van der Waals surface area contributed by atoms with Gasteiger partial charge in [0, 0.05) is 27.8 Å². The van der Waals surface area contributed by atoms with Crippen molar-refractivity contribution in [1.82, 2.24) is 10.3 Å². The highest BCUT2D eigenvalue weighted by atomic mass is 79.9. The third-order valence-electron chi connectivity index (χ3n) is 3.55. The smallest absolute Gasteiger partial charge is 0.351 e. The number of fused-ring (bicyclic) bond motifs is 1. The summed E-state index contributed by atoms with van der Waals surface area (Å²) in [4.78, 5) is 2.54. The minimum absolute atomic E-state index is 0.0773. The second-order valence-corrected chi connectivity index (χ2v) is 5.71. The molecule has 1 aromatic carbocycles. The Kier molecular flexibility index (Phi) is 3.09. The quantitative estimate of drug-likeness (QED) is 0.810. The van der Waals surface area contributed by atoms with Crippen LogP contribution in [0, 0.1) is 0 Å². The molecule has 2 aromatic rings. The number of hydrogen-bond donors (Lipinski definition) is 2. The summed E-state index contributed by atoms with van der Waals surface area (Å²) >= 11 is 3.29. The molecule has 6 heteroatoms. The highest BCUT2D eigenvalue weighted by Crippen LogP contribution is 2.41. The Balaban J connectivity index is 2.25. The zero-order valence-electron chi connectivity index (χ0n) is 9.94. The Bertz CT molecular complexity index is 612.